The first kappa shape index (κ1) is 10.3. The summed E-state index contributed by atoms with van der Waals surface area (Å²) in [7, 11) is 0. The quantitative estimate of drug-likeness (QED) is 0.808. The molecular weight excluding hydrogens is 208 g/mol. The Balaban J connectivity index is 2.23. The molecule has 16 heavy (non-hydrogen) atoms. The number of hydrogen-bond donors (Lipinski definition) is 1. The Morgan fingerprint density at radius 2 is 2.31 bits per heavy atom. The first-order valence-electron chi connectivity index (χ1n) is 4.78. The van der Waals surface area contributed by atoms with Crippen LogP contribution in [-0.2, 0) is 11.2 Å². The molecule has 0 bridgehead atoms. The molecule has 2 aromatic heterocycles. The average molecular weight is 218 g/mol. The van der Waals surface area contributed by atoms with Gasteiger partial charge in [0.2, 0.25) is 5.91 Å². The van der Waals surface area contributed by atoms with E-state index >= 15 is 0 Å². The van der Waals surface area contributed by atoms with Crippen LogP contribution in [0.4, 0.5) is 0 Å². The van der Waals surface area contributed by atoms with E-state index in [2.05, 4.69) is 15.4 Å². The molecule has 6 nitrogen and oxygen atoms in total. The molecule has 0 atom stereocenters. The van der Waals surface area contributed by atoms with Crippen LogP contribution < -0.4 is 5.73 Å². The number of nitrogens with zero attached hydrogens (tertiary/aromatic N) is 3. The Morgan fingerprint density at radius 1 is 1.44 bits per heavy atom. The van der Waals surface area contributed by atoms with E-state index in [1.165, 1.54) is 0 Å². The van der Waals surface area contributed by atoms with Crippen LogP contribution in [0.15, 0.2) is 28.9 Å². The van der Waals surface area contributed by atoms with Crippen LogP contribution in [0.25, 0.3) is 11.4 Å². The molecule has 0 saturated heterocycles. The summed E-state index contributed by atoms with van der Waals surface area (Å²) in [5.74, 6) is 0.140. The van der Waals surface area contributed by atoms with Crippen LogP contribution in [0.3, 0.4) is 0 Å². The van der Waals surface area contributed by atoms with Gasteiger partial charge in [0.05, 0.1) is 5.69 Å². The lowest BCUT2D eigenvalue weighted by molar-refractivity contribution is -0.118. The number of primary amides is 1. The highest BCUT2D eigenvalue weighted by atomic mass is 16.5. The molecule has 0 radical (unpaired) electrons. The van der Waals surface area contributed by atoms with Crippen LogP contribution >= 0.6 is 0 Å². The van der Waals surface area contributed by atoms with Gasteiger partial charge in [0, 0.05) is 24.3 Å². The average Bonchev–Trinajstić information content (AvgIpc) is 2.75. The normalized spacial score (nSPS) is 10.2. The van der Waals surface area contributed by atoms with Gasteiger partial charge in [-0.25, -0.2) is 0 Å². The maximum Gasteiger partial charge on any atom is 0.217 e. The number of rotatable bonds is 4. The molecule has 0 aliphatic rings. The molecule has 2 N–H and O–H groups in total. The minimum absolute atomic E-state index is 0.205. The topological polar surface area (TPSA) is 94.9 Å². The Labute approximate surface area is 91.5 Å². The van der Waals surface area contributed by atoms with Crippen molar-refractivity contribution in [1.29, 1.82) is 0 Å². The molecule has 0 aliphatic carbocycles. The van der Waals surface area contributed by atoms with Crippen LogP contribution in [0, 0.1) is 0 Å². The zero-order valence-electron chi connectivity index (χ0n) is 8.46. The Morgan fingerprint density at radius 3 is 3.00 bits per heavy atom. The number of hydrogen-bond acceptors (Lipinski definition) is 5. The van der Waals surface area contributed by atoms with Gasteiger partial charge < -0.3 is 10.3 Å². The molecule has 2 heterocycles. The van der Waals surface area contributed by atoms with Crippen molar-refractivity contribution in [2.45, 2.75) is 12.8 Å². The van der Waals surface area contributed by atoms with Gasteiger partial charge in [-0.2, -0.15) is 0 Å². The fourth-order valence-corrected chi connectivity index (χ4v) is 1.31. The van der Waals surface area contributed by atoms with Crippen molar-refractivity contribution >= 4 is 5.91 Å². The van der Waals surface area contributed by atoms with Crippen LogP contribution in [0.5, 0.6) is 0 Å². The lowest BCUT2D eigenvalue weighted by Gasteiger charge is -1.96. The first-order chi connectivity index (χ1) is 7.77. The van der Waals surface area contributed by atoms with E-state index in [-0.39, 0.29) is 12.3 Å². The molecule has 0 saturated carbocycles. The molecule has 0 fully saturated rings. The fraction of sp³-hybridized carbons (Fsp3) is 0.200. The standard InChI is InChI=1S/C10H10N4O2/c11-9(15)5-4-8-10(13-14-16-8)7-3-1-2-6-12-7/h1-3,6H,4-5H2,(H2,11,15). The van der Waals surface area contributed by atoms with Gasteiger partial charge in [0.25, 0.3) is 0 Å². The monoisotopic (exact) mass is 218 g/mol. The van der Waals surface area contributed by atoms with Crippen LogP contribution in [0.2, 0.25) is 0 Å². The van der Waals surface area contributed by atoms with E-state index in [1.54, 1.807) is 18.3 Å². The summed E-state index contributed by atoms with van der Waals surface area (Å²) in [5.41, 5.74) is 6.29. The van der Waals surface area contributed by atoms with Gasteiger partial charge in [0.1, 0.15) is 0 Å². The van der Waals surface area contributed by atoms with Gasteiger partial charge in [-0.05, 0) is 12.1 Å². The number of pyridine rings is 1. The second-order valence-corrected chi connectivity index (χ2v) is 3.23. The predicted molar refractivity (Wildman–Crippen MR) is 55.0 cm³/mol. The SMILES string of the molecule is NC(=O)CCc1onnc1-c1ccccn1. The van der Waals surface area contributed by atoms with E-state index in [1.807, 2.05) is 6.07 Å². The van der Waals surface area contributed by atoms with Gasteiger partial charge in [-0.15, -0.1) is 5.10 Å². The molecule has 2 rings (SSSR count). The van der Waals surface area contributed by atoms with Crippen molar-refractivity contribution in [2.24, 2.45) is 5.73 Å². The third-order valence-corrected chi connectivity index (χ3v) is 2.06. The first-order valence-corrected chi connectivity index (χ1v) is 4.78. The largest absolute Gasteiger partial charge is 0.370 e. The number of aryl methyl sites for hydroxylation is 1. The molecule has 2 aromatic rings. The maximum atomic E-state index is 10.7. The summed E-state index contributed by atoms with van der Waals surface area (Å²) in [6, 6.07) is 5.45. The summed E-state index contributed by atoms with van der Waals surface area (Å²) in [6.45, 7) is 0. The minimum atomic E-state index is -0.386. The van der Waals surface area contributed by atoms with Crippen molar-refractivity contribution in [2.75, 3.05) is 0 Å². The van der Waals surface area contributed by atoms with Crippen molar-refractivity contribution in [3.63, 3.8) is 0 Å². The Bertz CT molecular complexity index is 481. The van der Waals surface area contributed by atoms with Crippen molar-refractivity contribution in [3.05, 3.63) is 30.2 Å². The number of nitrogens with two attached hydrogens (primary N) is 1. The highest BCUT2D eigenvalue weighted by Gasteiger charge is 2.13. The lowest BCUT2D eigenvalue weighted by Crippen LogP contribution is -2.11. The molecule has 82 valence electrons. The highest BCUT2D eigenvalue weighted by Crippen LogP contribution is 2.19. The molecule has 1 amide bonds. The van der Waals surface area contributed by atoms with Crippen molar-refractivity contribution in [1.82, 2.24) is 15.4 Å². The molecule has 0 spiro atoms. The zero-order valence-corrected chi connectivity index (χ0v) is 8.46. The van der Waals surface area contributed by atoms with E-state index in [9.17, 15) is 4.79 Å². The summed E-state index contributed by atoms with van der Waals surface area (Å²) >= 11 is 0. The lowest BCUT2D eigenvalue weighted by atomic mass is 10.1. The van der Waals surface area contributed by atoms with Crippen molar-refractivity contribution < 1.29 is 9.32 Å². The summed E-state index contributed by atoms with van der Waals surface area (Å²) in [4.78, 5) is 14.8. The fourth-order valence-electron chi connectivity index (χ4n) is 1.31. The molecular formula is C10H10N4O2. The predicted octanol–water partition coefficient (Wildman–Crippen LogP) is 0.549. The second-order valence-electron chi connectivity index (χ2n) is 3.23. The number of amides is 1. The summed E-state index contributed by atoms with van der Waals surface area (Å²) < 4.78 is 4.96. The van der Waals surface area contributed by atoms with Gasteiger partial charge in [-0.3, -0.25) is 9.78 Å². The second kappa shape index (κ2) is 4.52. The summed E-state index contributed by atoms with van der Waals surface area (Å²) in [5, 5.41) is 7.29. The molecule has 0 aliphatic heterocycles. The zero-order chi connectivity index (χ0) is 11.4. The highest BCUT2D eigenvalue weighted by molar-refractivity contribution is 5.74. The maximum absolute atomic E-state index is 10.7. The van der Waals surface area contributed by atoms with Gasteiger partial charge in [-0.1, -0.05) is 6.07 Å². The smallest absolute Gasteiger partial charge is 0.217 e. The minimum Gasteiger partial charge on any atom is -0.370 e. The van der Waals surface area contributed by atoms with E-state index in [0.29, 0.717) is 23.6 Å². The van der Waals surface area contributed by atoms with E-state index in [0.717, 1.165) is 0 Å². The van der Waals surface area contributed by atoms with Gasteiger partial charge in [0.15, 0.2) is 11.5 Å². The van der Waals surface area contributed by atoms with Crippen LogP contribution in [-0.4, -0.2) is 21.3 Å². The molecule has 0 unspecified atom stereocenters. The summed E-state index contributed by atoms with van der Waals surface area (Å²) in [6.07, 6.45) is 2.24. The third kappa shape index (κ3) is 2.22. The number of carbonyl (C=O) groups is 1. The van der Waals surface area contributed by atoms with E-state index in [4.69, 9.17) is 10.3 Å². The number of carbonyl (C=O) groups excluding carboxylic acids is 1. The Hall–Kier alpha value is -2.24. The van der Waals surface area contributed by atoms with E-state index < -0.39 is 0 Å². The number of aromatic nitrogens is 3. The van der Waals surface area contributed by atoms with Gasteiger partial charge >= 0.3 is 0 Å². The molecule has 6 heteroatoms. The van der Waals surface area contributed by atoms with Crippen molar-refractivity contribution in [3.8, 4) is 11.4 Å². The Kier molecular flexibility index (Phi) is 2.90. The third-order valence-electron chi connectivity index (χ3n) is 2.06. The molecule has 0 aromatic carbocycles. The van der Waals surface area contributed by atoms with Crippen LogP contribution in [0.1, 0.15) is 12.2 Å².